The van der Waals surface area contributed by atoms with Gasteiger partial charge in [0.2, 0.25) is 0 Å². The van der Waals surface area contributed by atoms with Crippen molar-refractivity contribution >= 4 is 0 Å². The number of rotatable bonds is 3. The molecule has 0 rings (SSSR count). The molecule has 0 saturated heterocycles. The van der Waals surface area contributed by atoms with Crippen LogP contribution in [0.4, 0.5) is 0 Å². The van der Waals surface area contributed by atoms with E-state index >= 15 is 0 Å². The molecule has 1 nitrogen and oxygen atoms in total. The van der Waals surface area contributed by atoms with Crippen LogP contribution in [0.3, 0.4) is 0 Å². The fourth-order valence-electron chi connectivity index (χ4n) is 0.786. The van der Waals surface area contributed by atoms with E-state index in [1.165, 1.54) is 0 Å². The Hall–Kier alpha value is -0.0400. The van der Waals surface area contributed by atoms with Crippen molar-refractivity contribution in [3.05, 3.63) is 0 Å². The van der Waals surface area contributed by atoms with Gasteiger partial charge in [-0.25, -0.2) is 0 Å². The molecule has 0 aromatic carbocycles. The fourth-order valence-corrected chi connectivity index (χ4v) is 0.786. The van der Waals surface area contributed by atoms with Gasteiger partial charge >= 0.3 is 0 Å². The lowest BCUT2D eigenvalue weighted by molar-refractivity contribution is 0.0211. The lowest BCUT2D eigenvalue weighted by atomic mass is 9.89. The first-order chi connectivity index (χ1) is 3.98. The van der Waals surface area contributed by atoms with Crippen LogP contribution < -0.4 is 0 Å². The maximum Gasteiger partial charge on any atom is 0.0617 e. The first-order valence-electron chi connectivity index (χ1n) is 3.70. The van der Waals surface area contributed by atoms with E-state index in [1.54, 1.807) is 0 Å². The molecule has 56 valence electrons. The van der Waals surface area contributed by atoms with Crippen LogP contribution in [0.5, 0.6) is 0 Å². The normalized spacial score (nSPS) is 15.7. The third kappa shape index (κ3) is 3.52. The van der Waals surface area contributed by atoms with Crippen molar-refractivity contribution in [1.29, 1.82) is 0 Å². The van der Waals surface area contributed by atoms with Crippen LogP contribution >= 0.6 is 0 Å². The van der Waals surface area contributed by atoms with Crippen molar-refractivity contribution in [3.63, 3.8) is 0 Å². The average molecular weight is 130 g/mol. The van der Waals surface area contributed by atoms with Crippen LogP contribution in [-0.4, -0.2) is 10.7 Å². The van der Waals surface area contributed by atoms with Gasteiger partial charge in [0.15, 0.2) is 0 Å². The van der Waals surface area contributed by atoms with Gasteiger partial charge in [-0.15, -0.1) is 0 Å². The molecule has 0 aliphatic heterocycles. The summed E-state index contributed by atoms with van der Waals surface area (Å²) in [4.78, 5) is 0. The summed E-state index contributed by atoms with van der Waals surface area (Å²) in [6.07, 6.45) is 2.27. The molecule has 0 aromatic rings. The lowest BCUT2D eigenvalue weighted by Gasteiger charge is -2.25. The highest BCUT2D eigenvalue weighted by atomic mass is 16.3. The summed E-state index contributed by atoms with van der Waals surface area (Å²) in [5, 5.41) is 9.42. The van der Waals surface area contributed by atoms with Gasteiger partial charge in [0.05, 0.1) is 5.60 Å². The smallest absolute Gasteiger partial charge is 0.0617 e. The van der Waals surface area contributed by atoms with Crippen LogP contribution in [0.15, 0.2) is 0 Å². The number of hydrogen-bond acceptors (Lipinski definition) is 1. The minimum absolute atomic E-state index is 0.419. The molecular weight excluding hydrogens is 112 g/mol. The van der Waals surface area contributed by atoms with Gasteiger partial charge in [0, 0.05) is 0 Å². The van der Waals surface area contributed by atoms with E-state index in [0.717, 1.165) is 12.8 Å². The zero-order chi connectivity index (χ0) is 7.49. The molecule has 0 heterocycles. The van der Waals surface area contributed by atoms with Crippen LogP contribution in [0.25, 0.3) is 0 Å². The first-order valence-corrected chi connectivity index (χ1v) is 3.70. The summed E-state index contributed by atoms with van der Waals surface area (Å²) < 4.78 is 0. The maximum absolute atomic E-state index is 9.42. The average Bonchev–Trinajstić information content (AvgIpc) is 1.64. The SMILES string of the molecule is CCC[C@H](C)C(C)(C)O. The van der Waals surface area contributed by atoms with Gasteiger partial charge < -0.3 is 5.11 Å². The topological polar surface area (TPSA) is 20.2 Å². The van der Waals surface area contributed by atoms with Crippen LogP contribution in [0.2, 0.25) is 0 Å². The summed E-state index contributed by atoms with van der Waals surface area (Å²) in [6, 6.07) is 0. The molecule has 0 aromatic heterocycles. The Morgan fingerprint density at radius 2 is 1.89 bits per heavy atom. The van der Waals surface area contributed by atoms with Crippen LogP contribution in [0, 0.1) is 5.92 Å². The Bertz CT molecular complexity index is 71.1. The van der Waals surface area contributed by atoms with Gasteiger partial charge in [0.25, 0.3) is 0 Å². The molecule has 1 N–H and O–H groups in total. The first kappa shape index (κ1) is 8.96. The zero-order valence-corrected chi connectivity index (χ0v) is 6.94. The molecule has 0 amide bonds. The monoisotopic (exact) mass is 130 g/mol. The van der Waals surface area contributed by atoms with E-state index in [-0.39, 0.29) is 0 Å². The van der Waals surface area contributed by atoms with E-state index in [9.17, 15) is 5.11 Å². The third-order valence-corrected chi connectivity index (χ3v) is 1.93. The molecule has 0 fully saturated rings. The van der Waals surface area contributed by atoms with E-state index in [0.29, 0.717) is 5.92 Å². The minimum Gasteiger partial charge on any atom is -0.390 e. The Morgan fingerprint density at radius 1 is 1.44 bits per heavy atom. The van der Waals surface area contributed by atoms with Gasteiger partial charge in [0.1, 0.15) is 0 Å². The molecule has 1 atom stereocenters. The van der Waals surface area contributed by atoms with Gasteiger partial charge in [-0.05, 0) is 26.2 Å². The molecule has 0 saturated carbocycles. The second-order valence-electron chi connectivity index (χ2n) is 3.34. The third-order valence-electron chi connectivity index (χ3n) is 1.93. The van der Waals surface area contributed by atoms with Crippen molar-refractivity contribution in [2.75, 3.05) is 0 Å². The molecule has 0 aliphatic carbocycles. The predicted molar refractivity (Wildman–Crippen MR) is 40.4 cm³/mol. The van der Waals surface area contributed by atoms with Gasteiger partial charge in [-0.3, -0.25) is 0 Å². The number of aliphatic hydroxyl groups is 1. The Balaban J connectivity index is 3.59. The largest absolute Gasteiger partial charge is 0.390 e. The summed E-state index contributed by atoms with van der Waals surface area (Å²) in [5.74, 6) is 0.419. The molecular formula is C8H18O. The number of hydrogen-bond donors (Lipinski definition) is 1. The van der Waals surface area contributed by atoms with Crippen molar-refractivity contribution in [1.82, 2.24) is 0 Å². The van der Waals surface area contributed by atoms with E-state index < -0.39 is 5.60 Å². The van der Waals surface area contributed by atoms with Crippen molar-refractivity contribution in [2.24, 2.45) is 5.92 Å². The van der Waals surface area contributed by atoms with Crippen molar-refractivity contribution < 1.29 is 5.11 Å². The summed E-state index contributed by atoms with van der Waals surface area (Å²) in [7, 11) is 0. The second-order valence-corrected chi connectivity index (χ2v) is 3.34. The van der Waals surface area contributed by atoms with E-state index in [2.05, 4.69) is 13.8 Å². The maximum atomic E-state index is 9.42. The van der Waals surface area contributed by atoms with Crippen molar-refractivity contribution in [3.8, 4) is 0 Å². The second kappa shape index (κ2) is 3.21. The zero-order valence-electron chi connectivity index (χ0n) is 6.94. The molecule has 1 heteroatoms. The van der Waals surface area contributed by atoms with Crippen LogP contribution in [0.1, 0.15) is 40.5 Å². The molecule has 0 unspecified atom stereocenters. The molecule has 0 bridgehead atoms. The van der Waals surface area contributed by atoms with Gasteiger partial charge in [-0.1, -0.05) is 20.3 Å². The summed E-state index contributed by atoms with van der Waals surface area (Å²) >= 11 is 0. The molecule has 0 radical (unpaired) electrons. The fraction of sp³-hybridized carbons (Fsp3) is 1.00. The molecule has 0 spiro atoms. The highest BCUT2D eigenvalue weighted by Crippen LogP contribution is 2.19. The van der Waals surface area contributed by atoms with Gasteiger partial charge in [-0.2, -0.15) is 0 Å². The Morgan fingerprint density at radius 3 is 2.00 bits per heavy atom. The molecule has 0 aliphatic rings. The lowest BCUT2D eigenvalue weighted by Crippen LogP contribution is -2.28. The quantitative estimate of drug-likeness (QED) is 0.621. The van der Waals surface area contributed by atoms with E-state index in [1.807, 2.05) is 13.8 Å². The Kier molecular flexibility index (Phi) is 3.20. The minimum atomic E-state index is -0.490. The molecule has 9 heavy (non-hydrogen) atoms. The van der Waals surface area contributed by atoms with Crippen molar-refractivity contribution in [2.45, 2.75) is 46.1 Å². The Labute approximate surface area is 58.1 Å². The predicted octanol–water partition coefficient (Wildman–Crippen LogP) is 2.19. The van der Waals surface area contributed by atoms with Crippen LogP contribution in [-0.2, 0) is 0 Å². The summed E-state index contributed by atoms with van der Waals surface area (Å²) in [5.41, 5.74) is -0.490. The summed E-state index contributed by atoms with van der Waals surface area (Å²) in [6.45, 7) is 7.96. The standard InChI is InChI=1S/C8H18O/c1-5-6-7(2)8(3,4)9/h7,9H,5-6H2,1-4H3/t7-/m0/s1. The highest BCUT2D eigenvalue weighted by Gasteiger charge is 2.20. The highest BCUT2D eigenvalue weighted by molar-refractivity contribution is 4.72. The van der Waals surface area contributed by atoms with E-state index in [4.69, 9.17) is 0 Å².